The fourth-order valence-corrected chi connectivity index (χ4v) is 5.82. The first-order valence-corrected chi connectivity index (χ1v) is 12.9. The van der Waals surface area contributed by atoms with Gasteiger partial charge in [0.05, 0.1) is 18.5 Å². The van der Waals surface area contributed by atoms with Gasteiger partial charge in [0, 0.05) is 11.4 Å². The average molecular weight is 454 g/mol. The number of hydrogen-bond acceptors (Lipinski definition) is 5. The molecule has 172 valence electrons. The lowest BCUT2D eigenvalue weighted by Gasteiger charge is -2.20. The molecular weight excluding hydrogens is 418 g/mol. The molecule has 0 bridgehead atoms. The molecule has 1 aromatic carbocycles. The third kappa shape index (κ3) is 4.91. The Balaban J connectivity index is 1.54. The molecule has 2 aromatic heterocycles. The summed E-state index contributed by atoms with van der Waals surface area (Å²) in [6.45, 7) is 10.4. The van der Waals surface area contributed by atoms with Gasteiger partial charge >= 0.3 is 0 Å². The molecule has 0 saturated carbocycles. The van der Waals surface area contributed by atoms with Crippen molar-refractivity contribution in [2.45, 2.75) is 72.4 Å². The third-order valence-corrected chi connectivity index (χ3v) is 7.73. The topological polar surface area (TPSA) is 47.4 Å². The molecule has 1 aliphatic carbocycles. The maximum absolute atomic E-state index is 13.7. The van der Waals surface area contributed by atoms with E-state index in [2.05, 4.69) is 31.7 Å². The lowest BCUT2D eigenvalue weighted by atomic mass is 9.97. The number of aromatic nitrogens is 2. The fraction of sp³-hybridized carbons (Fsp3) is 0.538. The maximum Gasteiger partial charge on any atom is 0.262 e. The van der Waals surface area contributed by atoms with Gasteiger partial charge in [-0.25, -0.2) is 4.98 Å². The van der Waals surface area contributed by atoms with Crippen LogP contribution in [0, 0.1) is 6.92 Å². The highest BCUT2D eigenvalue weighted by molar-refractivity contribution is 7.18. The number of unbranched alkanes of at least 4 members (excludes halogenated alkanes) is 1. The van der Waals surface area contributed by atoms with Crippen molar-refractivity contribution in [3.8, 4) is 5.75 Å². The van der Waals surface area contributed by atoms with E-state index in [0.29, 0.717) is 13.2 Å². The van der Waals surface area contributed by atoms with E-state index >= 15 is 0 Å². The van der Waals surface area contributed by atoms with Crippen LogP contribution < -0.4 is 10.3 Å². The van der Waals surface area contributed by atoms with Crippen molar-refractivity contribution in [1.82, 2.24) is 14.5 Å². The molecule has 4 rings (SSSR count). The fourth-order valence-electron chi connectivity index (χ4n) is 4.55. The minimum Gasteiger partial charge on any atom is -0.493 e. The lowest BCUT2D eigenvalue weighted by Crippen LogP contribution is -2.31. The first-order valence-electron chi connectivity index (χ1n) is 12.1. The molecule has 3 aromatic rings. The van der Waals surface area contributed by atoms with Gasteiger partial charge in [0.15, 0.2) is 0 Å². The van der Waals surface area contributed by atoms with Crippen molar-refractivity contribution in [2.24, 2.45) is 0 Å². The van der Waals surface area contributed by atoms with Crippen LogP contribution in [0.15, 0.2) is 29.1 Å². The van der Waals surface area contributed by atoms with E-state index in [0.717, 1.165) is 72.7 Å². The second-order valence-electron chi connectivity index (χ2n) is 8.66. The van der Waals surface area contributed by atoms with Crippen molar-refractivity contribution < 1.29 is 4.74 Å². The number of aryl methyl sites for hydroxylation is 3. The standard InChI is InChI=1S/C26H35N3O2S/c1-4-28(5-2)18-23-27-25-24(20-13-7-9-15-22(20)32-25)26(30)29(23)16-10-11-17-31-21-14-8-6-12-19(21)3/h6,8,12,14H,4-5,7,9-11,13,15-18H2,1-3H3. The van der Waals surface area contributed by atoms with Gasteiger partial charge in [0.25, 0.3) is 5.56 Å². The van der Waals surface area contributed by atoms with E-state index in [1.807, 2.05) is 22.8 Å². The van der Waals surface area contributed by atoms with E-state index < -0.39 is 0 Å². The molecule has 0 aliphatic heterocycles. The molecule has 0 N–H and O–H groups in total. The van der Waals surface area contributed by atoms with Crippen LogP contribution in [0.25, 0.3) is 10.2 Å². The van der Waals surface area contributed by atoms with Gasteiger partial charge < -0.3 is 4.74 Å². The number of benzene rings is 1. The molecule has 2 heterocycles. The van der Waals surface area contributed by atoms with Crippen molar-refractivity contribution in [2.75, 3.05) is 19.7 Å². The molecule has 0 saturated heterocycles. The minimum absolute atomic E-state index is 0.163. The Hall–Kier alpha value is -2.18. The van der Waals surface area contributed by atoms with Crippen LogP contribution in [-0.4, -0.2) is 34.1 Å². The first-order chi connectivity index (χ1) is 15.6. The van der Waals surface area contributed by atoms with Crippen molar-refractivity contribution in [1.29, 1.82) is 0 Å². The molecule has 0 spiro atoms. The number of nitrogens with zero attached hydrogens (tertiary/aromatic N) is 3. The Bertz CT molecular complexity index is 1110. The maximum atomic E-state index is 13.7. The van der Waals surface area contributed by atoms with Gasteiger partial charge in [-0.15, -0.1) is 11.3 Å². The zero-order valence-electron chi connectivity index (χ0n) is 19.7. The highest BCUT2D eigenvalue weighted by Gasteiger charge is 2.22. The predicted molar refractivity (Wildman–Crippen MR) is 133 cm³/mol. The SMILES string of the molecule is CCN(CC)Cc1nc2sc3c(c2c(=O)n1CCCCOc1ccccc1C)CCCC3. The molecule has 0 fully saturated rings. The van der Waals surface area contributed by atoms with E-state index in [1.165, 1.54) is 23.3 Å². The zero-order valence-corrected chi connectivity index (χ0v) is 20.5. The summed E-state index contributed by atoms with van der Waals surface area (Å²) in [5, 5.41) is 0.893. The normalized spacial score (nSPS) is 13.6. The average Bonchev–Trinajstić information content (AvgIpc) is 3.18. The van der Waals surface area contributed by atoms with Crippen LogP contribution in [-0.2, 0) is 25.9 Å². The Morgan fingerprint density at radius 1 is 1.12 bits per heavy atom. The molecule has 5 nitrogen and oxygen atoms in total. The summed E-state index contributed by atoms with van der Waals surface area (Å²) in [4.78, 5) is 23.4. The molecule has 0 radical (unpaired) electrons. The first kappa shape index (κ1) is 23.0. The van der Waals surface area contributed by atoms with Gasteiger partial charge in [-0.1, -0.05) is 32.0 Å². The highest BCUT2D eigenvalue weighted by Crippen LogP contribution is 2.34. The summed E-state index contributed by atoms with van der Waals surface area (Å²) in [5.74, 6) is 1.85. The number of ether oxygens (including phenoxy) is 1. The number of fused-ring (bicyclic) bond motifs is 3. The highest BCUT2D eigenvalue weighted by atomic mass is 32.1. The molecule has 0 amide bonds. The number of rotatable bonds is 10. The van der Waals surface area contributed by atoms with Crippen LogP contribution in [0.1, 0.15) is 61.4 Å². The van der Waals surface area contributed by atoms with Crippen LogP contribution >= 0.6 is 11.3 Å². The van der Waals surface area contributed by atoms with Crippen LogP contribution in [0.3, 0.4) is 0 Å². The van der Waals surface area contributed by atoms with Gasteiger partial charge in [0.1, 0.15) is 16.4 Å². The van der Waals surface area contributed by atoms with Crippen molar-refractivity contribution in [3.63, 3.8) is 0 Å². The van der Waals surface area contributed by atoms with Crippen LogP contribution in [0.5, 0.6) is 5.75 Å². The largest absolute Gasteiger partial charge is 0.493 e. The summed E-state index contributed by atoms with van der Waals surface area (Å²) in [6.07, 6.45) is 6.32. The van der Waals surface area contributed by atoms with Gasteiger partial charge in [0.2, 0.25) is 0 Å². The van der Waals surface area contributed by atoms with Crippen molar-refractivity contribution in [3.05, 3.63) is 56.4 Å². The Kier molecular flexibility index (Phi) is 7.63. The summed E-state index contributed by atoms with van der Waals surface area (Å²) in [6, 6.07) is 8.11. The van der Waals surface area contributed by atoms with Gasteiger partial charge in [-0.3, -0.25) is 14.3 Å². The Morgan fingerprint density at radius 2 is 1.91 bits per heavy atom. The quantitative estimate of drug-likeness (QED) is 0.389. The van der Waals surface area contributed by atoms with Gasteiger partial charge in [-0.2, -0.15) is 0 Å². The van der Waals surface area contributed by atoms with E-state index in [4.69, 9.17) is 9.72 Å². The summed E-state index contributed by atoms with van der Waals surface area (Å²) in [7, 11) is 0. The monoisotopic (exact) mass is 453 g/mol. The second-order valence-corrected chi connectivity index (χ2v) is 9.74. The minimum atomic E-state index is 0.163. The van der Waals surface area contributed by atoms with Crippen LogP contribution in [0.4, 0.5) is 0 Å². The molecule has 0 unspecified atom stereocenters. The van der Waals surface area contributed by atoms with E-state index in [1.54, 1.807) is 11.3 Å². The molecule has 32 heavy (non-hydrogen) atoms. The van der Waals surface area contributed by atoms with Crippen LogP contribution in [0.2, 0.25) is 0 Å². The van der Waals surface area contributed by atoms with E-state index in [9.17, 15) is 4.79 Å². The lowest BCUT2D eigenvalue weighted by molar-refractivity contribution is 0.277. The number of para-hydroxylation sites is 1. The van der Waals surface area contributed by atoms with E-state index in [-0.39, 0.29) is 5.56 Å². The molecule has 6 heteroatoms. The van der Waals surface area contributed by atoms with Gasteiger partial charge in [-0.05, 0) is 75.7 Å². The Labute approximate surface area is 195 Å². The third-order valence-electron chi connectivity index (χ3n) is 6.54. The predicted octanol–water partition coefficient (Wildman–Crippen LogP) is 5.35. The smallest absolute Gasteiger partial charge is 0.262 e. The molecule has 0 atom stereocenters. The Morgan fingerprint density at radius 3 is 2.69 bits per heavy atom. The summed E-state index contributed by atoms with van der Waals surface area (Å²) < 4.78 is 7.91. The summed E-state index contributed by atoms with van der Waals surface area (Å²) in [5.41, 5.74) is 2.60. The summed E-state index contributed by atoms with van der Waals surface area (Å²) >= 11 is 1.75. The zero-order chi connectivity index (χ0) is 22.5. The number of hydrogen-bond donors (Lipinski definition) is 0. The number of thiophene rings is 1. The molecule has 1 aliphatic rings. The van der Waals surface area contributed by atoms with Crippen molar-refractivity contribution >= 4 is 21.6 Å². The molecular formula is C26H35N3O2S. The second kappa shape index (κ2) is 10.6.